The number of hydrogen-bond donors (Lipinski definition) is 0. The third-order valence-corrected chi connectivity index (χ3v) is 6.56. The maximum atomic E-state index is 13.7. The van der Waals surface area contributed by atoms with Crippen molar-refractivity contribution in [2.45, 2.75) is 25.4 Å². The second-order valence-electron chi connectivity index (χ2n) is 8.70. The molecule has 1 aliphatic heterocycles. The lowest BCUT2D eigenvalue weighted by molar-refractivity contribution is 0.0695. The number of nitrogens with zero attached hydrogens (tertiary/aromatic N) is 8. The maximum absolute atomic E-state index is 13.7. The Kier molecular flexibility index (Phi) is 5.29. The normalized spacial score (nSPS) is 14.2. The summed E-state index contributed by atoms with van der Waals surface area (Å²) in [7, 11) is 0. The lowest BCUT2D eigenvalue weighted by Gasteiger charge is -2.22. The van der Waals surface area contributed by atoms with Crippen LogP contribution in [0.2, 0.25) is 0 Å². The number of rotatable bonds is 4. The zero-order valence-electron chi connectivity index (χ0n) is 19.2. The Bertz CT molecular complexity index is 1740. The summed E-state index contributed by atoms with van der Waals surface area (Å²) in [6.07, 6.45) is 4.72. The topological polar surface area (TPSA) is 127 Å². The largest absolute Gasteiger partial charge is 0.381 e. The fraction of sp³-hybridized carbons (Fsp3) is 0.231. The monoisotopic (exact) mass is 476 g/mol. The molecule has 1 saturated heterocycles. The van der Waals surface area contributed by atoms with Gasteiger partial charge in [0.15, 0.2) is 5.65 Å². The second kappa shape index (κ2) is 8.77. The van der Waals surface area contributed by atoms with Gasteiger partial charge in [0, 0.05) is 19.3 Å². The van der Waals surface area contributed by atoms with Crippen molar-refractivity contribution in [1.29, 1.82) is 10.5 Å². The Morgan fingerprint density at radius 2 is 1.72 bits per heavy atom. The van der Waals surface area contributed by atoms with Crippen LogP contribution in [0.4, 0.5) is 0 Å². The second-order valence-corrected chi connectivity index (χ2v) is 8.70. The average Bonchev–Trinajstić information content (AvgIpc) is 3.47. The molecule has 0 spiro atoms. The molecule has 1 fully saturated rings. The summed E-state index contributed by atoms with van der Waals surface area (Å²) >= 11 is 0. The van der Waals surface area contributed by atoms with E-state index in [9.17, 15) is 10.1 Å². The van der Waals surface area contributed by atoms with Crippen LogP contribution in [-0.2, 0) is 11.3 Å². The van der Waals surface area contributed by atoms with Crippen molar-refractivity contribution in [1.82, 2.24) is 28.7 Å². The fourth-order valence-corrected chi connectivity index (χ4v) is 4.69. The van der Waals surface area contributed by atoms with E-state index in [1.165, 1.54) is 0 Å². The first kappa shape index (κ1) is 21.7. The Labute approximate surface area is 205 Å². The Morgan fingerprint density at radius 3 is 2.47 bits per heavy atom. The minimum Gasteiger partial charge on any atom is -0.381 e. The molecule has 0 bridgehead atoms. The summed E-state index contributed by atoms with van der Waals surface area (Å²) < 4.78 is 10.7. The fourth-order valence-electron chi connectivity index (χ4n) is 4.69. The summed E-state index contributed by atoms with van der Waals surface area (Å²) in [6, 6.07) is 16.7. The lowest BCUT2D eigenvalue weighted by atomic mass is 10.1. The van der Waals surface area contributed by atoms with Gasteiger partial charge in [-0.15, -0.1) is 0 Å². The van der Waals surface area contributed by atoms with E-state index in [4.69, 9.17) is 15.0 Å². The molecule has 0 aliphatic carbocycles. The van der Waals surface area contributed by atoms with Crippen molar-refractivity contribution < 1.29 is 4.74 Å². The molecule has 0 saturated carbocycles. The highest BCUT2D eigenvalue weighted by atomic mass is 16.5. The molecular weight excluding hydrogens is 456 g/mol. The highest BCUT2D eigenvalue weighted by Crippen LogP contribution is 2.25. The van der Waals surface area contributed by atoms with Crippen molar-refractivity contribution in [2.75, 3.05) is 13.2 Å². The minimum atomic E-state index is -0.157. The van der Waals surface area contributed by atoms with Gasteiger partial charge in [0.25, 0.3) is 0 Å². The van der Waals surface area contributed by atoms with Gasteiger partial charge in [-0.25, -0.2) is 14.8 Å². The van der Waals surface area contributed by atoms with E-state index in [1.807, 2.05) is 12.1 Å². The third-order valence-electron chi connectivity index (χ3n) is 6.56. The smallest absolute Gasteiger partial charge is 0.330 e. The summed E-state index contributed by atoms with van der Waals surface area (Å²) in [5.41, 5.74) is 4.42. The van der Waals surface area contributed by atoms with E-state index < -0.39 is 0 Å². The minimum absolute atomic E-state index is 0.0385. The number of aromatic nitrogens is 6. The van der Waals surface area contributed by atoms with Crippen LogP contribution < -0.4 is 5.69 Å². The number of ether oxygens (including phenoxy) is 1. The van der Waals surface area contributed by atoms with Gasteiger partial charge in [0.1, 0.15) is 11.8 Å². The van der Waals surface area contributed by atoms with Crippen LogP contribution in [0.1, 0.15) is 35.6 Å². The van der Waals surface area contributed by atoms with Crippen LogP contribution in [-0.4, -0.2) is 41.9 Å². The molecular formula is C26H20N8O2. The highest BCUT2D eigenvalue weighted by molar-refractivity contribution is 5.79. The lowest BCUT2D eigenvalue weighted by Crippen LogP contribution is -2.31. The molecule has 1 aliphatic rings. The van der Waals surface area contributed by atoms with E-state index in [-0.39, 0.29) is 11.7 Å². The van der Waals surface area contributed by atoms with Gasteiger partial charge in [-0.2, -0.15) is 15.5 Å². The van der Waals surface area contributed by atoms with Crippen molar-refractivity contribution in [3.63, 3.8) is 0 Å². The molecule has 2 aromatic carbocycles. The van der Waals surface area contributed by atoms with Gasteiger partial charge < -0.3 is 4.74 Å². The average molecular weight is 477 g/mol. The number of imidazole rings is 2. The Hall–Kier alpha value is -4.80. The van der Waals surface area contributed by atoms with E-state index in [0.29, 0.717) is 53.5 Å². The highest BCUT2D eigenvalue weighted by Gasteiger charge is 2.25. The first-order chi connectivity index (χ1) is 17.7. The molecule has 36 heavy (non-hydrogen) atoms. The molecule has 6 rings (SSSR count). The van der Waals surface area contributed by atoms with Crippen LogP contribution >= 0.6 is 0 Å². The van der Waals surface area contributed by atoms with Crippen LogP contribution in [0, 0.1) is 22.7 Å². The molecule has 10 nitrogen and oxygen atoms in total. The van der Waals surface area contributed by atoms with Gasteiger partial charge in [-0.1, -0.05) is 12.1 Å². The summed E-state index contributed by atoms with van der Waals surface area (Å²) in [5, 5.41) is 18.4. The number of fused-ring (bicyclic) bond motifs is 2. The van der Waals surface area contributed by atoms with Gasteiger partial charge in [-0.3, -0.25) is 13.7 Å². The third kappa shape index (κ3) is 3.61. The summed E-state index contributed by atoms with van der Waals surface area (Å²) in [6.45, 7) is 1.50. The molecule has 10 heteroatoms. The van der Waals surface area contributed by atoms with E-state index in [0.717, 1.165) is 23.9 Å². The Balaban J connectivity index is 1.52. The van der Waals surface area contributed by atoms with Crippen LogP contribution in [0.15, 0.2) is 59.8 Å². The predicted molar refractivity (Wildman–Crippen MR) is 130 cm³/mol. The standard InChI is InChI=1S/C26H20N8O2/c27-12-17-1-3-18(4-2-17)15-32-23-14-29-25(33-16-30-21-6-5-19(13-28)11-22(21)33)31-24(23)34(26(32)35)20-7-9-36-10-8-20/h1-6,11,14,16,20H,7-10,15H2. The zero-order chi connectivity index (χ0) is 24.6. The first-order valence-electron chi connectivity index (χ1n) is 11.6. The van der Waals surface area contributed by atoms with Crippen molar-refractivity contribution in [2.24, 2.45) is 0 Å². The van der Waals surface area contributed by atoms with Gasteiger partial charge in [-0.05, 0) is 48.7 Å². The van der Waals surface area contributed by atoms with Crippen molar-refractivity contribution >= 4 is 22.2 Å². The predicted octanol–water partition coefficient (Wildman–Crippen LogP) is 3.08. The molecule has 0 amide bonds. The summed E-state index contributed by atoms with van der Waals surface area (Å²) in [5.74, 6) is 0.372. The van der Waals surface area contributed by atoms with E-state index >= 15 is 0 Å². The van der Waals surface area contributed by atoms with Crippen molar-refractivity contribution in [3.05, 3.63) is 82.2 Å². The van der Waals surface area contributed by atoms with Crippen LogP contribution in [0.25, 0.3) is 28.1 Å². The number of hydrogen-bond acceptors (Lipinski definition) is 7. The Morgan fingerprint density at radius 1 is 0.972 bits per heavy atom. The van der Waals surface area contributed by atoms with Crippen molar-refractivity contribution in [3.8, 4) is 18.1 Å². The molecule has 4 heterocycles. The van der Waals surface area contributed by atoms with E-state index in [2.05, 4.69) is 22.1 Å². The SMILES string of the molecule is N#Cc1ccc(Cn2c(=O)n(C3CCOCC3)c3nc(-n4cnc5ccc(C#N)cc54)ncc32)cc1. The van der Waals surface area contributed by atoms with Gasteiger partial charge in [0.05, 0.1) is 47.0 Å². The zero-order valence-corrected chi connectivity index (χ0v) is 19.2. The van der Waals surface area contributed by atoms with E-state index in [1.54, 1.807) is 56.6 Å². The first-order valence-corrected chi connectivity index (χ1v) is 11.6. The van der Waals surface area contributed by atoms with Gasteiger partial charge >= 0.3 is 5.69 Å². The molecule has 176 valence electrons. The number of nitriles is 2. The molecule has 0 N–H and O–H groups in total. The molecule has 0 unspecified atom stereocenters. The number of benzene rings is 2. The van der Waals surface area contributed by atoms with Gasteiger partial charge in [0.2, 0.25) is 5.95 Å². The molecule has 5 aromatic rings. The molecule has 0 atom stereocenters. The molecule has 0 radical (unpaired) electrons. The van der Waals surface area contributed by atoms with Crippen LogP contribution in [0.3, 0.4) is 0 Å². The summed E-state index contributed by atoms with van der Waals surface area (Å²) in [4.78, 5) is 27.5. The quantitative estimate of drug-likeness (QED) is 0.390. The van der Waals surface area contributed by atoms with Crippen LogP contribution in [0.5, 0.6) is 0 Å². The maximum Gasteiger partial charge on any atom is 0.330 e. The molecule has 3 aromatic heterocycles.